The van der Waals surface area contributed by atoms with Gasteiger partial charge in [-0.05, 0) is 43.2 Å². The summed E-state index contributed by atoms with van der Waals surface area (Å²) >= 11 is 3.47. The van der Waals surface area contributed by atoms with Crippen molar-refractivity contribution in [3.63, 3.8) is 0 Å². The first-order valence-electron chi connectivity index (χ1n) is 13.2. The largest absolute Gasteiger partial charge is 0.372 e. The molecule has 204 valence electrons. The quantitative estimate of drug-likeness (QED) is 0.265. The second-order valence-electron chi connectivity index (χ2n) is 9.65. The molecule has 1 saturated heterocycles. The number of hydrogen-bond donors (Lipinski definition) is 0. The molecule has 0 unspecified atom stereocenters. The van der Waals surface area contributed by atoms with E-state index in [4.69, 9.17) is 4.74 Å². The van der Waals surface area contributed by atoms with E-state index >= 15 is 4.39 Å². The Labute approximate surface area is 235 Å². The Balaban J connectivity index is 1.26. The molecule has 1 aliphatic heterocycles. The Morgan fingerprint density at radius 2 is 1.67 bits per heavy atom. The minimum absolute atomic E-state index is 0.0591. The number of piperazine rings is 1. The van der Waals surface area contributed by atoms with Crippen molar-refractivity contribution >= 4 is 27.3 Å². The molecule has 0 N–H and O–H groups in total. The Morgan fingerprint density at radius 3 is 2.31 bits per heavy atom. The normalized spacial score (nSPS) is 15.4. The molecular formula is C29H32BrFN6O2. The van der Waals surface area contributed by atoms with Gasteiger partial charge in [0.2, 0.25) is 0 Å². The molecule has 0 radical (unpaired) electrons. The standard InChI is InChI=1S/C29H32BrFN6O2/c1-3-27(21(2)39-19-22-7-5-4-6-8-22)37-29(38)36(20-33-37)28-26(31)17-25(18-32-28)35-15-13-34(14-16-35)24-11-9-23(30)10-12-24/h4-12,17-18,20-21,27H,3,13-16,19H2,1-2H3/t21-,27-/m0/s1. The van der Waals surface area contributed by atoms with Crippen molar-refractivity contribution in [1.29, 1.82) is 0 Å². The lowest BCUT2D eigenvalue weighted by atomic mass is 10.1. The molecule has 2 aromatic carbocycles. The molecule has 0 saturated carbocycles. The van der Waals surface area contributed by atoms with Crippen molar-refractivity contribution < 1.29 is 9.13 Å². The summed E-state index contributed by atoms with van der Waals surface area (Å²) in [5.74, 6) is -0.623. The zero-order chi connectivity index (χ0) is 27.4. The van der Waals surface area contributed by atoms with Gasteiger partial charge in [0.1, 0.15) is 6.33 Å². The molecule has 1 aliphatic rings. The molecule has 0 amide bonds. The van der Waals surface area contributed by atoms with Gasteiger partial charge in [0.15, 0.2) is 11.6 Å². The number of nitrogens with zero attached hydrogens (tertiary/aromatic N) is 6. The first-order chi connectivity index (χ1) is 18.9. The maximum absolute atomic E-state index is 15.3. The lowest BCUT2D eigenvalue weighted by molar-refractivity contribution is 0.0117. The highest BCUT2D eigenvalue weighted by Crippen LogP contribution is 2.24. The van der Waals surface area contributed by atoms with E-state index in [0.29, 0.717) is 18.7 Å². The molecule has 0 spiro atoms. The van der Waals surface area contributed by atoms with E-state index in [2.05, 4.69) is 47.9 Å². The Bertz CT molecular complexity index is 1430. The first kappa shape index (κ1) is 27.1. The molecule has 10 heteroatoms. The summed E-state index contributed by atoms with van der Waals surface area (Å²) in [4.78, 5) is 22.0. The number of ether oxygens (including phenoxy) is 1. The third-order valence-corrected chi connectivity index (χ3v) is 7.72. The lowest BCUT2D eigenvalue weighted by Crippen LogP contribution is -2.46. The zero-order valence-electron chi connectivity index (χ0n) is 22.1. The van der Waals surface area contributed by atoms with Crippen LogP contribution >= 0.6 is 15.9 Å². The molecular weight excluding hydrogens is 563 g/mol. The van der Waals surface area contributed by atoms with Gasteiger partial charge in [0.25, 0.3) is 0 Å². The van der Waals surface area contributed by atoms with E-state index in [1.807, 2.05) is 56.3 Å². The van der Waals surface area contributed by atoms with Gasteiger partial charge in [-0.3, -0.25) is 0 Å². The Kier molecular flexibility index (Phi) is 8.42. The van der Waals surface area contributed by atoms with Gasteiger partial charge in [0, 0.05) is 42.4 Å². The fourth-order valence-electron chi connectivity index (χ4n) is 4.95. The summed E-state index contributed by atoms with van der Waals surface area (Å²) in [6.45, 7) is 7.46. The Morgan fingerprint density at radius 1 is 1.00 bits per heavy atom. The summed E-state index contributed by atoms with van der Waals surface area (Å²) in [7, 11) is 0. The SMILES string of the molecule is CC[C@@H]([C@H](C)OCc1ccccc1)n1ncn(-c2ncc(N3CCN(c4ccc(Br)cc4)CC3)cc2F)c1=O. The van der Waals surface area contributed by atoms with Crippen molar-refractivity contribution in [3.8, 4) is 5.82 Å². The maximum atomic E-state index is 15.3. The van der Waals surface area contributed by atoms with Gasteiger partial charge in [-0.25, -0.2) is 23.4 Å². The van der Waals surface area contributed by atoms with E-state index in [0.717, 1.165) is 40.8 Å². The van der Waals surface area contributed by atoms with Crippen LogP contribution in [0, 0.1) is 5.82 Å². The summed E-state index contributed by atoms with van der Waals surface area (Å²) in [6, 6.07) is 19.3. The van der Waals surface area contributed by atoms with E-state index in [-0.39, 0.29) is 18.0 Å². The highest BCUT2D eigenvalue weighted by atomic mass is 79.9. The fraction of sp³-hybridized carbons (Fsp3) is 0.345. The highest BCUT2D eigenvalue weighted by Gasteiger charge is 2.24. The number of halogens is 2. The predicted octanol–water partition coefficient (Wildman–Crippen LogP) is 5.21. The summed E-state index contributed by atoms with van der Waals surface area (Å²) < 4.78 is 24.9. The van der Waals surface area contributed by atoms with E-state index in [9.17, 15) is 4.79 Å². The van der Waals surface area contributed by atoms with Crippen LogP contribution in [0.15, 0.2) is 82.5 Å². The molecule has 2 atom stereocenters. The number of hydrogen-bond acceptors (Lipinski definition) is 6. The molecule has 5 rings (SSSR count). The second kappa shape index (κ2) is 12.1. The fourth-order valence-corrected chi connectivity index (χ4v) is 5.22. The first-order valence-corrected chi connectivity index (χ1v) is 14.0. The van der Waals surface area contributed by atoms with Crippen LogP contribution in [-0.2, 0) is 11.3 Å². The van der Waals surface area contributed by atoms with Crippen molar-refractivity contribution in [2.24, 2.45) is 0 Å². The average molecular weight is 596 g/mol. The van der Waals surface area contributed by atoms with Crippen molar-refractivity contribution in [2.75, 3.05) is 36.0 Å². The van der Waals surface area contributed by atoms with E-state index in [1.165, 1.54) is 22.8 Å². The maximum Gasteiger partial charge on any atom is 0.352 e. The van der Waals surface area contributed by atoms with Crippen LogP contribution in [0.1, 0.15) is 31.9 Å². The van der Waals surface area contributed by atoms with Crippen LogP contribution in [0.4, 0.5) is 15.8 Å². The minimum Gasteiger partial charge on any atom is -0.372 e. The molecule has 4 aromatic rings. The van der Waals surface area contributed by atoms with Gasteiger partial charge in [-0.1, -0.05) is 53.2 Å². The molecule has 0 aliphatic carbocycles. The molecule has 3 heterocycles. The van der Waals surface area contributed by atoms with Crippen molar-refractivity contribution in [1.82, 2.24) is 19.3 Å². The van der Waals surface area contributed by atoms with E-state index in [1.54, 1.807) is 6.20 Å². The topological polar surface area (TPSA) is 68.4 Å². The van der Waals surface area contributed by atoms with Gasteiger partial charge in [-0.15, -0.1) is 0 Å². The van der Waals surface area contributed by atoms with Gasteiger partial charge >= 0.3 is 5.69 Å². The zero-order valence-corrected chi connectivity index (χ0v) is 23.7. The molecule has 0 bridgehead atoms. The molecule has 2 aromatic heterocycles. The van der Waals surface area contributed by atoms with Crippen LogP contribution in [0.2, 0.25) is 0 Å². The molecule has 1 fully saturated rings. The van der Waals surface area contributed by atoms with Crippen molar-refractivity contribution in [3.05, 3.63) is 99.5 Å². The highest BCUT2D eigenvalue weighted by molar-refractivity contribution is 9.10. The van der Waals surface area contributed by atoms with Crippen LogP contribution in [-0.4, -0.2) is 51.6 Å². The second-order valence-corrected chi connectivity index (χ2v) is 10.6. The number of rotatable bonds is 9. The van der Waals surface area contributed by atoms with E-state index < -0.39 is 11.5 Å². The Hall–Kier alpha value is -3.50. The third kappa shape index (κ3) is 6.07. The van der Waals surface area contributed by atoms with Gasteiger partial charge in [-0.2, -0.15) is 5.10 Å². The summed E-state index contributed by atoms with van der Waals surface area (Å²) in [5, 5.41) is 4.30. The van der Waals surface area contributed by atoms with Crippen LogP contribution in [0.3, 0.4) is 0 Å². The van der Waals surface area contributed by atoms with Gasteiger partial charge in [0.05, 0.1) is 30.6 Å². The number of aromatic nitrogens is 4. The minimum atomic E-state index is -0.564. The number of anilines is 2. The lowest BCUT2D eigenvalue weighted by Gasteiger charge is -2.37. The monoisotopic (exact) mass is 594 g/mol. The van der Waals surface area contributed by atoms with Crippen LogP contribution in [0.25, 0.3) is 5.82 Å². The van der Waals surface area contributed by atoms with Gasteiger partial charge < -0.3 is 14.5 Å². The van der Waals surface area contributed by atoms with Crippen LogP contribution in [0.5, 0.6) is 0 Å². The number of benzene rings is 2. The smallest absolute Gasteiger partial charge is 0.352 e. The number of pyridine rings is 1. The molecule has 8 nitrogen and oxygen atoms in total. The predicted molar refractivity (Wildman–Crippen MR) is 154 cm³/mol. The summed E-state index contributed by atoms with van der Waals surface area (Å²) in [6.07, 6.45) is 3.32. The summed E-state index contributed by atoms with van der Waals surface area (Å²) in [5.41, 5.74) is 2.47. The average Bonchev–Trinajstić information content (AvgIpc) is 3.33. The molecule has 39 heavy (non-hydrogen) atoms. The third-order valence-electron chi connectivity index (χ3n) is 7.20. The van der Waals surface area contributed by atoms with Crippen LogP contribution < -0.4 is 15.5 Å². The van der Waals surface area contributed by atoms with Crippen molar-refractivity contribution in [2.45, 2.75) is 39.0 Å².